The summed E-state index contributed by atoms with van der Waals surface area (Å²) in [5.74, 6) is 0. The number of aldehydes is 1. The lowest BCUT2D eigenvalue weighted by molar-refractivity contribution is -0.138. The lowest BCUT2D eigenvalue weighted by atomic mass is 9.83. The van der Waals surface area contributed by atoms with E-state index in [9.17, 15) is 18.0 Å². The third kappa shape index (κ3) is 5.49. The Morgan fingerprint density at radius 2 is 1.69 bits per heavy atom. The van der Waals surface area contributed by atoms with Gasteiger partial charge in [-0.2, -0.15) is 13.2 Å². The highest BCUT2D eigenvalue weighted by molar-refractivity contribution is 5.59. The molecule has 0 rings (SSSR count). The van der Waals surface area contributed by atoms with Crippen molar-refractivity contribution in [3.05, 3.63) is 0 Å². The van der Waals surface area contributed by atoms with Crippen molar-refractivity contribution >= 4 is 6.29 Å². The van der Waals surface area contributed by atoms with Crippen LogP contribution in [-0.4, -0.2) is 37.5 Å². The van der Waals surface area contributed by atoms with Gasteiger partial charge in [0, 0.05) is 18.5 Å². The molecule has 0 aromatic rings. The molecule has 96 valence electrons. The van der Waals surface area contributed by atoms with Crippen LogP contribution in [0.25, 0.3) is 0 Å². The first kappa shape index (κ1) is 15.4. The molecule has 2 nitrogen and oxygen atoms in total. The van der Waals surface area contributed by atoms with E-state index < -0.39 is 18.0 Å². The summed E-state index contributed by atoms with van der Waals surface area (Å²) in [6.07, 6.45) is -2.77. The first-order chi connectivity index (χ1) is 7.28. The van der Waals surface area contributed by atoms with Gasteiger partial charge in [0.1, 0.15) is 6.29 Å². The number of carbonyl (C=O) groups is 1. The fourth-order valence-electron chi connectivity index (χ4n) is 1.61. The summed E-state index contributed by atoms with van der Waals surface area (Å²) in [7, 11) is 1.62. The molecule has 5 heteroatoms. The highest BCUT2D eigenvalue weighted by Gasteiger charge is 2.30. The third-order valence-electron chi connectivity index (χ3n) is 3.02. The minimum absolute atomic E-state index is 0.0565. The Bertz CT molecular complexity index is 212. The van der Waals surface area contributed by atoms with Gasteiger partial charge in [-0.1, -0.05) is 13.8 Å². The Balaban J connectivity index is 4.20. The number of halogens is 3. The minimum Gasteiger partial charge on any atom is -0.305 e. The van der Waals surface area contributed by atoms with Crippen LogP contribution in [0.1, 0.15) is 33.1 Å². The molecule has 0 aromatic carbocycles. The summed E-state index contributed by atoms with van der Waals surface area (Å²) in [4.78, 5) is 12.6. The number of nitrogens with zero attached hydrogens (tertiary/aromatic N) is 1. The minimum atomic E-state index is -4.13. The molecule has 0 aliphatic rings. The van der Waals surface area contributed by atoms with E-state index in [0.29, 0.717) is 19.4 Å². The molecule has 0 radical (unpaired) electrons. The second kappa shape index (κ2) is 6.23. The van der Waals surface area contributed by atoms with Gasteiger partial charge in [-0.25, -0.2) is 0 Å². The summed E-state index contributed by atoms with van der Waals surface area (Å²) < 4.78 is 36.0. The molecule has 0 aliphatic heterocycles. The standard InChI is InChI=1S/C11H20F3NO/c1-4-10(5-2,9-16)8-15(3)7-6-11(12,13)14/h9H,4-8H2,1-3H3. The Labute approximate surface area is 94.8 Å². The van der Waals surface area contributed by atoms with Crippen molar-refractivity contribution in [2.24, 2.45) is 5.41 Å². The van der Waals surface area contributed by atoms with Crippen LogP contribution in [0.15, 0.2) is 0 Å². The number of hydrogen-bond acceptors (Lipinski definition) is 2. The average molecular weight is 239 g/mol. The van der Waals surface area contributed by atoms with Crippen molar-refractivity contribution in [2.45, 2.75) is 39.3 Å². The normalized spacial score (nSPS) is 13.2. The quantitative estimate of drug-likeness (QED) is 0.637. The van der Waals surface area contributed by atoms with E-state index in [0.717, 1.165) is 6.29 Å². The predicted molar refractivity (Wildman–Crippen MR) is 57.2 cm³/mol. The molecule has 0 N–H and O–H groups in total. The highest BCUT2D eigenvalue weighted by atomic mass is 19.4. The molecule has 0 bridgehead atoms. The zero-order chi connectivity index (χ0) is 12.8. The molecule has 0 fully saturated rings. The Morgan fingerprint density at radius 1 is 1.19 bits per heavy atom. The van der Waals surface area contributed by atoms with Gasteiger partial charge in [0.2, 0.25) is 0 Å². The lowest BCUT2D eigenvalue weighted by Gasteiger charge is -2.30. The van der Waals surface area contributed by atoms with E-state index >= 15 is 0 Å². The molecular formula is C11H20F3NO. The third-order valence-corrected chi connectivity index (χ3v) is 3.02. The maximum Gasteiger partial charge on any atom is 0.390 e. The molecule has 0 spiro atoms. The maximum absolute atomic E-state index is 12.0. The molecule has 0 saturated heterocycles. The Kier molecular flexibility index (Phi) is 6.00. The van der Waals surface area contributed by atoms with Crippen LogP contribution in [0, 0.1) is 5.41 Å². The van der Waals surface area contributed by atoms with Gasteiger partial charge >= 0.3 is 6.18 Å². The SMILES string of the molecule is CCC(C=O)(CC)CN(C)CCC(F)(F)F. The first-order valence-electron chi connectivity index (χ1n) is 5.50. The van der Waals surface area contributed by atoms with Gasteiger partial charge in [0.25, 0.3) is 0 Å². The largest absolute Gasteiger partial charge is 0.390 e. The van der Waals surface area contributed by atoms with Gasteiger partial charge < -0.3 is 9.69 Å². The molecule has 0 heterocycles. The van der Waals surface area contributed by atoms with Crippen LogP contribution in [0.3, 0.4) is 0 Å². The zero-order valence-corrected chi connectivity index (χ0v) is 10.1. The smallest absolute Gasteiger partial charge is 0.305 e. The molecule has 0 aliphatic carbocycles. The molecular weight excluding hydrogens is 219 g/mol. The van der Waals surface area contributed by atoms with Gasteiger partial charge in [-0.15, -0.1) is 0 Å². The molecule has 0 unspecified atom stereocenters. The average Bonchev–Trinajstić information content (AvgIpc) is 2.22. The van der Waals surface area contributed by atoms with E-state index in [2.05, 4.69) is 0 Å². The summed E-state index contributed by atoms with van der Waals surface area (Å²) >= 11 is 0. The second-order valence-electron chi connectivity index (χ2n) is 4.29. The van der Waals surface area contributed by atoms with Crippen LogP contribution in [0.4, 0.5) is 13.2 Å². The van der Waals surface area contributed by atoms with Crippen molar-refractivity contribution in [3.8, 4) is 0 Å². The fourth-order valence-corrected chi connectivity index (χ4v) is 1.61. The summed E-state index contributed by atoms with van der Waals surface area (Å²) in [6, 6.07) is 0. The number of carbonyl (C=O) groups excluding carboxylic acids is 1. The summed E-state index contributed by atoms with van der Waals surface area (Å²) in [6.45, 7) is 4.10. The van der Waals surface area contributed by atoms with Crippen molar-refractivity contribution in [2.75, 3.05) is 20.1 Å². The van der Waals surface area contributed by atoms with E-state index in [1.807, 2.05) is 13.8 Å². The molecule has 0 aromatic heterocycles. The fraction of sp³-hybridized carbons (Fsp3) is 0.909. The van der Waals surface area contributed by atoms with E-state index in [4.69, 9.17) is 0 Å². The van der Waals surface area contributed by atoms with Crippen LogP contribution < -0.4 is 0 Å². The Hall–Kier alpha value is -0.580. The number of alkyl halides is 3. The summed E-state index contributed by atoms with van der Waals surface area (Å²) in [5, 5.41) is 0. The van der Waals surface area contributed by atoms with Crippen LogP contribution in [0.5, 0.6) is 0 Å². The first-order valence-corrected chi connectivity index (χ1v) is 5.50. The Morgan fingerprint density at radius 3 is 2.00 bits per heavy atom. The number of rotatable bonds is 7. The van der Waals surface area contributed by atoms with Crippen molar-refractivity contribution in [1.29, 1.82) is 0 Å². The van der Waals surface area contributed by atoms with Crippen molar-refractivity contribution < 1.29 is 18.0 Å². The number of hydrogen-bond donors (Lipinski definition) is 0. The van der Waals surface area contributed by atoms with Gasteiger partial charge in [0.05, 0.1) is 6.42 Å². The molecule has 0 saturated carbocycles. The second-order valence-corrected chi connectivity index (χ2v) is 4.29. The lowest BCUT2D eigenvalue weighted by Crippen LogP contribution is -2.37. The van der Waals surface area contributed by atoms with Gasteiger partial charge in [-0.3, -0.25) is 0 Å². The predicted octanol–water partition coefficient (Wildman–Crippen LogP) is 2.88. The van der Waals surface area contributed by atoms with E-state index in [-0.39, 0.29) is 6.54 Å². The van der Waals surface area contributed by atoms with Gasteiger partial charge in [0.15, 0.2) is 0 Å². The highest BCUT2D eigenvalue weighted by Crippen LogP contribution is 2.25. The topological polar surface area (TPSA) is 20.3 Å². The van der Waals surface area contributed by atoms with E-state index in [1.165, 1.54) is 0 Å². The zero-order valence-electron chi connectivity index (χ0n) is 10.1. The van der Waals surface area contributed by atoms with Crippen LogP contribution >= 0.6 is 0 Å². The molecule has 0 atom stereocenters. The van der Waals surface area contributed by atoms with Gasteiger partial charge in [-0.05, 0) is 19.9 Å². The maximum atomic E-state index is 12.0. The molecule has 16 heavy (non-hydrogen) atoms. The molecule has 0 amide bonds. The van der Waals surface area contributed by atoms with Crippen molar-refractivity contribution in [1.82, 2.24) is 4.90 Å². The summed E-state index contributed by atoms with van der Waals surface area (Å²) in [5.41, 5.74) is -0.500. The van der Waals surface area contributed by atoms with Crippen LogP contribution in [0.2, 0.25) is 0 Å². The van der Waals surface area contributed by atoms with Crippen molar-refractivity contribution in [3.63, 3.8) is 0 Å². The van der Waals surface area contributed by atoms with Crippen LogP contribution in [-0.2, 0) is 4.79 Å². The van der Waals surface area contributed by atoms with E-state index in [1.54, 1.807) is 11.9 Å². The monoisotopic (exact) mass is 239 g/mol.